The number of rotatable bonds is 4. The molecule has 0 N–H and O–H groups in total. The molecule has 58 heavy (non-hydrogen) atoms. The van der Waals surface area contributed by atoms with Gasteiger partial charge in [0.05, 0.1) is 22.3 Å². The Hall–Kier alpha value is -7.14. The van der Waals surface area contributed by atoms with Gasteiger partial charge in [0.15, 0.2) is 5.82 Å². The topological polar surface area (TPSA) is 38.7 Å². The molecule has 10 aromatic rings. The summed E-state index contributed by atoms with van der Waals surface area (Å²) >= 11 is 1.87. The van der Waals surface area contributed by atoms with Gasteiger partial charge in [0.2, 0.25) is 0 Å². The molecule has 0 saturated carbocycles. The fraction of sp³-hybridized carbons (Fsp3) is 0.0185. The van der Waals surface area contributed by atoms with E-state index in [9.17, 15) is 0 Å². The number of aromatic nitrogens is 3. The monoisotopic (exact) mass is 755 g/mol. The fourth-order valence-electron chi connectivity index (χ4n) is 9.47. The number of benzene rings is 8. The summed E-state index contributed by atoms with van der Waals surface area (Å²) in [4.78, 5) is 18.0. The molecule has 270 valence electrons. The Balaban J connectivity index is 1.13. The third-order valence-electron chi connectivity index (χ3n) is 12.0. The van der Waals surface area contributed by atoms with E-state index in [4.69, 9.17) is 15.0 Å². The second-order valence-corrected chi connectivity index (χ2v) is 16.2. The van der Waals surface area contributed by atoms with Crippen molar-refractivity contribution >= 4 is 33.4 Å². The third kappa shape index (κ3) is 4.92. The van der Waals surface area contributed by atoms with E-state index in [-0.39, 0.29) is 0 Å². The van der Waals surface area contributed by atoms with Gasteiger partial charge in [-0.05, 0) is 86.1 Å². The Morgan fingerprint density at radius 2 is 0.983 bits per heavy atom. The molecule has 0 saturated heterocycles. The summed E-state index contributed by atoms with van der Waals surface area (Å²) in [5.41, 5.74) is 15.3. The number of hydrogen-bond donors (Lipinski definition) is 0. The van der Waals surface area contributed by atoms with E-state index in [2.05, 4.69) is 182 Å². The van der Waals surface area contributed by atoms with Gasteiger partial charge < -0.3 is 0 Å². The standard InChI is InChI=1S/C54H33N3S/c1-2-14-36(15-3-1)53-56-48(33-49(57-53)41-21-10-16-34-13-4-5-19-39(34)41)38-27-29-45-43(32-38)42-31-37(40-20-11-17-35-18-12-30-55-52(35)40)26-28-44(42)54(45)46-22-6-8-24-50(46)58-51-25-9-7-23-47(51)54/h1-33H. The second-order valence-electron chi connectivity index (χ2n) is 15.1. The zero-order chi connectivity index (χ0) is 38.2. The minimum atomic E-state index is -0.494. The predicted molar refractivity (Wildman–Crippen MR) is 238 cm³/mol. The maximum Gasteiger partial charge on any atom is 0.160 e. The van der Waals surface area contributed by atoms with E-state index in [1.807, 2.05) is 30.1 Å². The Morgan fingerprint density at radius 3 is 1.78 bits per heavy atom. The maximum atomic E-state index is 5.31. The number of para-hydroxylation sites is 1. The molecular weight excluding hydrogens is 723 g/mol. The molecule has 0 amide bonds. The van der Waals surface area contributed by atoms with Gasteiger partial charge in [-0.15, -0.1) is 0 Å². The van der Waals surface area contributed by atoms with Gasteiger partial charge in [0, 0.05) is 43.6 Å². The zero-order valence-electron chi connectivity index (χ0n) is 31.3. The van der Waals surface area contributed by atoms with Crippen molar-refractivity contribution in [3.8, 4) is 56.2 Å². The Kier molecular flexibility index (Phi) is 7.38. The fourth-order valence-corrected chi connectivity index (χ4v) is 10.7. The third-order valence-corrected chi connectivity index (χ3v) is 13.2. The molecule has 1 aliphatic heterocycles. The second kappa shape index (κ2) is 13.0. The van der Waals surface area contributed by atoms with Crippen LogP contribution in [0.15, 0.2) is 210 Å². The molecule has 3 heterocycles. The summed E-state index contributed by atoms with van der Waals surface area (Å²) in [6.07, 6.45) is 1.89. The quantitative estimate of drug-likeness (QED) is 0.179. The van der Waals surface area contributed by atoms with Gasteiger partial charge in [-0.3, -0.25) is 4.98 Å². The lowest BCUT2D eigenvalue weighted by molar-refractivity contribution is 0.722. The van der Waals surface area contributed by atoms with Crippen molar-refractivity contribution in [3.05, 3.63) is 223 Å². The van der Waals surface area contributed by atoms with Crippen LogP contribution < -0.4 is 0 Å². The molecule has 1 spiro atoms. The Bertz CT molecular complexity index is 3220. The SMILES string of the molecule is c1ccc(-c2nc(-c3ccc4c(c3)-c3cc(-c5cccc6cccnc56)ccc3C43c4ccccc4Sc4ccccc43)cc(-c3cccc4ccccc34)n2)cc1. The van der Waals surface area contributed by atoms with E-state index in [0.717, 1.165) is 50.1 Å². The van der Waals surface area contributed by atoms with Crippen LogP contribution in [0.2, 0.25) is 0 Å². The summed E-state index contributed by atoms with van der Waals surface area (Å²) < 4.78 is 0. The summed E-state index contributed by atoms with van der Waals surface area (Å²) in [6.45, 7) is 0. The number of nitrogens with zero attached hydrogens (tertiary/aromatic N) is 3. The van der Waals surface area contributed by atoms with Crippen LogP contribution in [-0.2, 0) is 5.41 Å². The first-order chi connectivity index (χ1) is 28.7. The van der Waals surface area contributed by atoms with Crippen LogP contribution in [0.3, 0.4) is 0 Å². The molecule has 2 aromatic heterocycles. The average molecular weight is 756 g/mol. The number of fused-ring (bicyclic) bond motifs is 11. The summed E-state index contributed by atoms with van der Waals surface area (Å²) in [5.74, 6) is 0.705. The van der Waals surface area contributed by atoms with Crippen molar-refractivity contribution < 1.29 is 0 Å². The molecule has 0 unspecified atom stereocenters. The Morgan fingerprint density at radius 1 is 0.379 bits per heavy atom. The summed E-state index contributed by atoms with van der Waals surface area (Å²) in [7, 11) is 0. The van der Waals surface area contributed by atoms with Crippen LogP contribution in [0.4, 0.5) is 0 Å². The van der Waals surface area contributed by atoms with Crippen LogP contribution in [0.25, 0.3) is 77.8 Å². The van der Waals surface area contributed by atoms with Gasteiger partial charge in [-0.2, -0.15) is 0 Å². The predicted octanol–water partition coefficient (Wildman–Crippen LogP) is 13.7. The highest BCUT2D eigenvalue weighted by atomic mass is 32.2. The zero-order valence-corrected chi connectivity index (χ0v) is 32.1. The van der Waals surface area contributed by atoms with Crippen LogP contribution in [0, 0.1) is 0 Å². The van der Waals surface area contributed by atoms with Crippen LogP contribution in [0.1, 0.15) is 22.3 Å². The van der Waals surface area contributed by atoms with Gasteiger partial charge in [0.25, 0.3) is 0 Å². The van der Waals surface area contributed by atoms with E-state index in [0.29, 0.717) is 5.82 Å². The lowest BCUT2D eigenvalue weighted by atomic mass is 9.67. The number of pyridine rings is 1. The first kappa shape index (κ1) is 33.0. The Labute approximate surface area is 340 Å². The molecule has 0 bridgehead atoms. The highest BCUT2D eigenvalue weighted by Gasteiger charge is 2.50. The van der Waals surface area contributed by atoms with Gasteiger partial charge >= 0.3 is 0 Å². The van der Waals surface area contributed by atoms with Crippen LogP contribution >= 0.6 is 11.8 Å². The molecule has 1 aliphatic carbocycles. The minimum absolute atomic E-state index is 0.494. The summed E-state index contributed by atoms with van der Waals surface area (Å²) in [5, 5.41) is 3.48. The molecule has 8 aromatic carbocycles. The number of hydrogen-bond acceptors (Lipinski definition) is 4. The molecule has 0 fully saturated rings. The summed E-state index contributed by atoms with van der Waals surface area (Å²) in [6, 6.07) is 70.2. The highest BCUT2D eigenvalue weighted by molar-refractivity contribution is 7.99. The van der Waals surface area contributed by atoms with Crippen molar-refractivity contribution in [2.75, 3.05) is 0 Å². The molecule has 4 heteroatoms. The van der Waals surface area contributed by atoms with E-state index >= 15 is 0 Å². The normalized spacial score (nSPS) is 13.2. The lowest BCUT2D eigenvalue weighted by Crippen LogP contribution is -2.31. The first-order valence-corrected chi connectivity index (χ1v) is 20.5. The van der Waals surface area contributed by atoms with Crippen molar-refractivity contribution in [3.63, 3.8) is 0 Å². The highest BCUT2D eigenvalue weighted by Crippen LogP contribution is 2.62. The van der Waals surface area contributed by atoms with Crippen LogP contribution in [-0.4, -0.2) is 15.0 Å². The van der Waals surface area contributed by atoms with Crippen molar-refractivity contribution in [2.45, 2.75) is 15.2 Å². The molecule has 12 rings (SSSR count). The van der Waals surface area contributed by atoms with Gasteiger partial charge in [0.1, 0.15) is 0 Å². The molecule has 3 nitrogen and oxygen atoms in total. The van der Waals surface area contributed by atoms with Crippen molar-refractivity contribution in [1.82, 2.24) is 15.0 Å². The van der Waals surface area contributed by atoms with Gasteiger partial charge in [-0.25, -0.2) is 9.97 Å². The van der Waals surface area contributed by atoms with E-state index in [1.54, 1.807) is 0 Å². The van der Waals surface area contributed by atoms with E-state index in [1.165, 1.54) is 53.9 Å². The molecule has 0 atom stereocenters. The largest absolute Gasteiger partial charge is 0.256 e. The molecule has 0 radical (unpaired) electrons. The lowest BCUT2D eigenvalue weighted by Gasteiger charge is -2.39. The maximum absolute atomic E-state index is 5.31. The van der Waals surface area contributed by atoms with Crippen LogP contribution in [0.5, 0.6) is 0 Å². The minimum Gasteiger partial charge on any atom is -0.256 e. The van der Waals surface area contributed by atoms with E-state index < -0.39 is 5.41 Å². The van der Waals surface area contributed by atoms with Crippen molar-refractivity contribution in [1.29, 1.82) is 0 Å². The first-order valence-electron chi connectivity index (χ1n) is 19.7. The molecule has 2 aliphatic rings. The van der Waals surface area contributed by atoms with Gasteiger partial charge in [-0.1, -0.05) is 169 Å². The average Bonchev–Trinajstić information content (AvgIpc) is 3.58. The smallest absolute Gasteiger partial charge is 0.160 e. The molecular formula is C54H33N3S. The van der Waals surface area contributed by atoms with Crippen molar-refractivity contribution in [2.24, 2.45) is 0 Å².